The third-order valence-electron chi connectivity index (χ3n) is 4.08. The lowest BCUT2D eigenvalue weighted by molar-refractivity contribution is -0.141. The van der Waals surface area contributed by atoms with E-state index < -0.39 is 27.5 Å². The maximum atomic E-state index is 13.5. The molecule has 0 radical (unpaired) electrons. The van der Waals surface area contributed by atoms with Gasteiger partial charge in [-0.15, -0.1) is 11.3 Å². The van der Waals surface area contributed by atoms with Gasteiger partial charge < -0.3 is 0 Å². The smallest absolute Gasteiger partial charge is 0.234 e. The molecular formula is C18H11F4N3O2S2. The van der Waals surface area contributed by atoms with E-state index in [0.717, 1.165) is 28.3 Å². The molecule has 4 rings (SSSR count). The third-order valence-corrected chi connectivity index (χ3v) is 6.25. The van der Waals surface area contributed by atoms with Crippen LogP contribution in [0.1, 0.15) is 5.69 Å². The third kappa shape index (κ3) is 3.75. The van der Waals surface area contributed by atoms with Crippen molar-refractivity contribution in [1.29, 1.82) is 0 Å². The summed E-state index contributed by atoms with van der Waals surface area (Å²) in [6.45, 7) is 0. The number of rotatable bonds is 3. The summed E-state index contributed by atoms with van der Waals surface area (Å²) in [7, 11) is -3.46. The van der Waals surface area contributed by atoms with Gasteiger partial charge in [0.2, 0.25) is 0 Å². The van der Waals surface area contributed by atoms with E-state index in [2.05, 4.69) is 10.1 Å². The molecule has 0 N–H and O–H groups in total. The van der Waals surface area contributed by atoms with Gasteiger partial charge in [0.15, 0.2) is 15.5 Å². The van der Waals surface area contributed by atoms with Crippen molar-refractivity contribution in [3.63, 3.8) is 0 Å². The first-order valence-electron chi connectivity index (χ1n) is 8.06. The van der Waals surface area contributed by atoms with E-state index >= 15 is 0 Å². The maximum absolute atomic E-state index is 13.5. The van der Waals surface area contributed by atoms with Crippen LogP contribution in [-0.2, 0) is 16.0 Å². The quantitative estimate of drug-likeness (QED) is 0.432. The molecule has 2 aromatic carbocycles. The highest BCUT2D eigenvalue weighted by Gasteiger charge is 2.35. The molecule has 0 saturated heterocycles. The molecule has 0 saturated carbocycles. The first kappa shape index (κ1) is 19.5. The molecule has 5 nitrogen and oxygen atoms in total. The Balaban J connectivity index is 1.90. The lowest BCUT2D eigenvalue weighted by atomic mass is 10.3. The van der Waals surface area contributed by atoms with Crippen molar-refractivity contribution < 1.29 is 26.0 Å². The van der Waals surface area contributed by atoms with Gasteiger partial charge in [0.25, 0.3) is 0 Å². The highest BCUT2D eigenvalue weighted by atomic mass is 32.2. The van der Waals surface area contributed by atoms with Crippen molar-refractivity contribution in [1.82, 2.24) is 14.8 Å². The molecule has 0 bridgehead atoms. The Morgan fingerprint density at radius 1 is 1.03 bits per heavy atom. The molecule has 2 aromatic heterocycles. The van der Waals surface area contributed by atoms with Crippen LogP contribution in [0.25, 0.3) is 26.6 Å². The standard InChI is InChI=1S/C18H11F4N3O2S2/c1-29(26,27)12-5-3-11(4-6-12)25-14(9-16(24-25)18(20,21)22)17-23-13-7-2-10(19)8-15(13)28-17/h2-9H,1H3. The molecule has 4 aromatic rings. The molecule has 0 aliphatic heterocycles. The number of hydrogen-bond donors (Lipinski definition) is 0. The number of alkyl halides is 3. The summed E-state index contributed by atoms with van der Waals surface area (Å²) >= 11 is 1.03. The van der Waals surface area contributed by atoms with Gasteiger partial charge in [-0.05, 0) is 48.5 Å². The molecule has 0 aliphatic carbocycles. The van der Waals surface area contributed by atoms with E-state index in [9.17, 15) is 26.0 Å². The molecular weight excluding hydrogens is 430 g/mol. The zero-order valence-electron chi connectivity index (χ0n) is 14.6. The zero-order valence-corrected chi connectivity index (χ0v) is 16.2. The summed E-state index contributed by atoms with van der Waals surface area (Å²) in [6.07, 6.45) is -3.65. The number of fused-ring (bicyclic) bond motifs is 1. The summed E-state index contributed by atoms with van der Waals surface area (Å²) in [4.78, 5) is 4.32. The van der Waals surface area contributed by atoms with Crippen LogP contribution in [0.3, 0.4) is 0 Å². The first-order valence-corrected chi connectivity index (χ1v) is 10.8. The van der Waals surface area contributed by atoms with Crippen LogP contribution in [-0.4, -0.2) is 29.4 Å². The number of benzene rings is 2. The Morgan fingerprint density at radius 2 is 1.72 bits per heavy atom. The minimum Gasteiger partial charge on any atom is -0.234 e. The second-order valence-electron chi connectivity index (χ2n) is 6.22. The summed E-state index contributed by atoms with van der Waals surface area (Å²) in [6, 6.07) is 10.1. The molecule has 0 spiro atoms. The Kier molecular flexibility index (Phi) is 4.46. The topological polar surface area (TPSA) is 64.8 Å². The monoisotopic (exact) mass is 441 g/mol. The number of thiazole rings is 1. The summed E-state index contributed by atoms with van der Waals surface area (Å²) in [5.74, 6) is -0.478. The fourth-order valence-electron chi connectivity index (χ4n) is 2.71. The van der Waals surface area contributed by atoms with E-state index in [1.807, 2.05) is 0 Å². The average molecular weight is 441 g/mol. The van der Waals surface area contributed by atoms with Crippen LogP contribution in [0.4, 0.5) is 17.6 Å². The number of aromatic nitrogens is 3. The van der Waals surface area contributed by atoms with Crippen molar-refractivity contribution in [2.24, 2.45) is 0 Å². The van der Waals surface area contributed by atoms with Gasteiger partial charge in [-0.25, -0.2) is 22.5 Å². The van der Waals surface area contributed by atoms with Crippen molar-refractivity contribution in [3.05, 3.63) is 60.0 Å². The largest absolute Gasteiger partial charge is 0.435 e. The van der Waals surface area contributed by atoms with Crippen LogP contribution in [0.5, 0.6) is 0 Å². The molecule has 0 amide bonds. The molecule has 0 aliphatic rings. The highest BCUT2D eigenvalue weighted by Crippen LogP contribution is 2.36. The Morgan fingerprint density at radius 3 is 2.34 bits per heavy atom. The predicted octanol–water partition coefficient (Wildman–Crippen LogP) is 4.71. The number of sulfone groups is 1. The zero-order chi connectivity index (χ0) is 21.0. The van der Waals surface area contributed by atoms with Crippen LogP contribution in [0.2, 0.25) is 0 Å². The summed E-state index contributed by atoms with van der Waals surface area (Å²) in [5, 5.41) is 3.87. The van der Waals surface area contributed by atoms with E-state index in [1.165, 1.54) is 42.5 Å². The lowest BCUT2D eigenvalue weighted by Gasteiger charge is -2.07. The van der Waals surface area contributed by atoms with Crippen LogP contribution in [0, 0.1) is 5.82 Å². The second kappa shape index (κ2) is 6.63. The van der Waals surface area contributed by atoms with Gasteiger partial charge in [-0.1, -0.05) is 0 Å². The van der Waals surface area contributed by atoms with Gasteiger partial charge in [-0.3, -0.25) is 0 Å². The van der Waals surface area contributed by atoms with Crippen molar-refractivity contribution in [2.75, 3.05) is 6.26 Å². The molecule has 2 heterocycles. The van der Waals surface area contributed by atoms with Crippen LogP contribution in [0.15, 0.2) is 53.4 Å². The number of nitrogens with zero attached hydrogens (tertiary/aromatic N) is 3. The minimum absolute atomic E-state index is 0.0291. The SMILES string of the molecule is CS(=O)(=O)c1ccc(-n2nc(C(F)(F)F)cc2-c2nc3ccc(F)cc3s2)cc1. The Labute approximate surface area is 166 Å². The molecule has 0 unspecified atom stereocenters. The van der Waals surface area contributed by atoms with E-state index in [0.29, 0.717) is 10.2 Å². The number of hydrogen-bond acceptors (Lipinski definition) is 5. The molecule has 0 atom stereocenters. The Hall–Kier alpha value is -2.79. The second-order valence-corrected chi connectivity index (χ2v) is 9.27. The average Bonchev–Trinajstić information content (AvgIpc) is 3.24. The molecule has 29 heavy (non-hydrogen) atoms. The fourth-order valence-corrected chi connectivity index (χ4v) is 4.33. The van der Waals surface area contributed by atoms with Gasteiger partial charge in [0.05, 0.1) is 20.8 Å². The molecule has 0 fully saturated rings. The first-order chi connectivity index (χ1) is 13.5. The van der Waals surface area contributed by atoms with Gasteiger partial charge in [0, 0.05) is 6.26 Å². The van der Waals surface area contributed by atoms with Crippen molar-refractivity contribution in [2.45, 2.75) is 11.1 Å². The van der Waals surface area contributed by atoms with E-state index in [4.69, 9.17) is 0 Å². The van der Waals surface area contributed by atoms with Gasteiger partial charge >= 0.3 is 6.18 Å². The maximum Gasteiger partial charge on any atom is 0.435 e. The van der Waals surface area contributed by atoms with Crippen LogP contribution >= 0.6 is 11.3 Å². The normalized spacial score (nSPS) is 12.6. The molecule has 11 heteroatoms. The Bertz CT molecular complexity index is 1320. The van der Waals surface area contributed by atoms with E-state index in [1.54, 1.807) is 0 Å². The summed E-state index contributed by atoms with van der Waals surface area (Å²) < 4.78 is 78.0. The van der Waals surface area contributed by atoms with Gasteiger partial charge in [-0.2, -0.15) is 18.3 Å². The van der Waals surface area contributed by atoms with Gasteiger partial charge in [0.1, 0.15) is 16.5 Å². The predicted molar refractivity (Wildman–Crippen MR) is 100 cm³/mol. The van der Waals surface area contributed by atoms with E-state index in [-0.39, 0.29) is 21.3 Å². The highest BCUT2D eigenvalue weighted by molar-refractivity contribution is 7.90. The lowest BCUT2D eigenvalue weighted by Crippen LogP contribution is -2.07. The summed E-state index contributed by atoms with van der Waals surface area (Å²) in [5.41, 5.74) is -0.385. The number of halogens is 4. The minimum atomic E-state index is -4.69. The molecule has 150 valence electrons. The van der Waals surface area contributed by atoms with Crippen LogP contribution < -0.4 is 0 Å². The van der Waals surface area contributed by atoms with Crippen molar-refractivity contribution >= 4 is 31.4 Å². The fraction of sp³-hybridized carbons (Fsp3) is 0.111. The van der Waals surface area contributed by atoms with Crippen molar-refractivity contribution in [3.8, 4) is 16.4 Å².